The van der Waals surface area contributed by atoms with Gasteiger partial charge in [-0.25, -0.2) is 0 Å². The summed E-state index contributed by atoms with van der Waals surface area (Å²) in [5.74, 6) is 0.218. The predicted molar refractivity (Wildman–Crippen MR) is 90.1 cm³/mol. The zero-order chi connectivity index (χ0) is 16.7. The van der Waals surface area contributed by atoms with Gasteiger partial charge in [-0.3, -0.25) is 0 Å². The van der Waals surface area contributed by atoms with Gasteiger partial charge in [-0.1, -0.05) is 48.9 Å². The van der Waals surface area contributed by atoms with Crippen molar-refractivity contribution in [2.24, 2.45) is 0 Å². The lowest BCUT2D eigenvalue weighted by Crippen LogP contribution is -2.24. The van der Waals surface area contributed by atoms with E-state index in [0.29, 0.717) is 6.42 Å². The third-order valence-electron chi connectivity index (χ3n) is 3.90. The van der Waals surface area contributed by atoms with Crippen LogP contribution in [0.15, 0.2) is 48.5 Å². The van der Waals surface area contributed by atoms with Crippen molar-refractivity contribution in [1.82, 2.24) is 0 Å². The molecule has 0 fully saturated rings. The monoisotopic (exact) mass is 318 g/mol. The molecule has 2 rings (SSSR count). The van der Waals surface area contributed by atoms with Crippen LogP contribution in [0.5, 0.6) is 5.75 Å². The van der Waals surface area contributed by atoms with E-state index < -0.39 is 6.11 Å². The van der Waals surface area contributed by atoms with Crippen LogP contribution in [0.25, 0.3) is 0 Å². The van der Waals surface area contributed by atoms with Gasteiger partial charge in [0.25, 0.3) is 0 Å². The summed E-state index contributed by atoms with van der Waals surface area (Å²) in [5.41, 5.74) is 3.52. The van der Waals surface area contributed by atoms with Gasteiger partial charge in [0.15, 0.2) is 0 Å². The fourth-order valence-corrected chi connectivity index (χ4v) is 2.43. The van der Waals surface area contributed by atoms with Gasteiger partial charge in [0.05, 0.1) is 6.42 Å². The summed E-state index contributed by atoms with van der Waals surface area (Å²) < 4.78 is 32.4. The van der Waals surface area contributed by atoms with E-state index in [1.807, 2.05) is 6.92 Å². The van der Waals surface area contributed by atoms with E-state index in [2.05, 4.69) is 31.2 Å². The van der Waals surface area contributed by atoms with Crippen LogP contribution in [-0.2, 0) is 12.8 Å². The summed E-state index contributed by atoms with van der Waals surface area (Å²) in [5, 5.41) is 0. The van der Waals surface area contributed by atoms with Crippen LogP contribution < -0.4 is 4.74 Å². The Balaban J connectivity index is 1.74. The van der Waals surface area contributed by atoms with Gasteiger partial charge < -0.3 is 4.74 Å². The number of hydrogen-bond donors (Lipinski definition) is 0. The molecule has 0 aromatic heterocycles. The van der Waals surface area contributed by atoms with E-state index >= 15 is 0 Å². The number of ether oxygens (including phenoxy) is 1. The molecule has 0 unspecified atom stereocenters. The Kier molecular flexibility index (Phi) is 6.14. The van der Waals surface area contributed by atoms with E-state index in [1.54, 1.807) is 24.3 Å². The standard InChI is InChI=1S/C20H24F2O/c1-3-17-9-11-18(12-10-17)6-4-5-15-20(21,22)23-19-13-7-16(2)8-14-19/h7-14H,3-6,15H2,1-2H3. The van der Waals surface area contributed by atoms with E-state index in [9.17, 15) is 8.78 Å². The minimum atomic E-state index is -3.11. The molecule has 0 amide bonds. The van der Waals surface area contributed by atoms with Crippen LogP contribution in [-0.4, -0.2) is 6.11 Å². The molecule has 1 nitrogen and oxygen atoms in total. The van der Waals surface area contributed by atoms with Crippen molar-refractivity contribution in [2.45, 2.75) is 52.1 Å². The van der Waals surface area contributed by atoms with Crippen molar-refractivity contribution in [1.29, 1.82) is 0 Å². The van der Waals surface area contributed by atoms with E-state index in [-0.39, 0.29) is 12.2 Å². The highest BCUT2D eigenvalue weighted by molar-refractivity contribution is 5.26. The van der Waals surface area contributed by atoms with Gasteiger partial charge in [0.2, 0.25) is 0 Å². The molecule has 0 N–H and O–H groups in total. The molecule has 2 aromatic carbocycles. The van der Waals surface area contributed by atoms with Crippen molar-refractivity contribution in [2.75, 3.05) is 0 Å². The van der Waals surface area contributed by atoms with Crippen molar-refractivity contribution < 1.29 is 13.5 Å². The number of unbranched alkanes of at least 4 members (excludes halogenated alkanes) is 1. The Hall–Kier alpha value is -1.90. The second-order valence-corrected chi connectivity index (χ2v) is 5.93. The summed E-state index contributed by atoms with van der Waals surface area (Å²) in [6.45, 7) is 4.03. The molecule has 0 atom stereocenters. The van der Waals surface area contributed by atoms with Crippen LogP contribution in [0.1, 0.15) is 42.9 Å². The molecule has 23 heavy (non-hydrogen) atoms. The second-order valence-electron chi connectivity index (χ2n) is 5.93. The lowest BCUT2D eigenvalue weighted by atomic mass is 10.0. The van der Waals surface area contributed by atoms with E-state index in [1.165, 1.54) is 11.1 Å². The molecule has 0 radical (unpaired) electrons. The van der Waals surface area contributed by atoms with E-state index in [4.69, 9.17) is 4.74 Å². The minimum Gasteiger partial charge on any atom is -0.433 e. The first-order chi connectivity index (χ1) is 11.0. The molecular weight excluding hydrogens is 294 g/mol. The fraction of sp³-hybridized carbons (Fsp3) is 0.400. The average molecular weight is 318 g/mol. The van der Waals surface area contributed by atoms with Crippen molar-refractivity contribution in [3.8, 4) is 5.75 Å². The van der Waals surface area contributed by atoms with Crippen molar-refractivity contribution in [3.63, 3.8) is 0 Å². The van der Waals surface area contributed by atoms with Crippen LogP contribution in [0.4, 0.5) is 8.78 Å². The number of halogens is 2. The summed E-state index contributed by atoms with van der Waals surface area (Å²) in [6.07, 6.45) is -0.352. The zero-order valence-corrected chi connectivity index (χ0v) is 13.8. The summed E-state index contributed by atoms with van der Waals surface area (Å²) in [7, 11) is 0. The maximum absolute atomic E-state index is 13.8. The third-order valence-corrected chi connectivity index (χ3v) is 3.90. The number of rotatable bonds is 8. The molecule has 0 aliphatic carbocycles. The van der Waals surface area contributed by atoms with Crippen LogP contribution in [0.2, 0.25) is 0 Å². The first-order valence-corrected chi connectivity index (χ1v) is 8.20. The maximum atomic E-state index is 13.8. The number of hydrogen-bond acceptors (Lipinski definition) is 1. The Morgan fingerprint density at radius 3 is 2.09 bits per heavy atom. The Morgan fingerprint density at radius 1 is 0.870 bits per heavy atom. The molecule has 0 heterocycles. The topological polar surface area (TPSA) is 9.23 Å². The molecule has 0 aliphatic heterocycles. The first-order valence-electron chi connectivity index (χ1n) is 8.20. The lowest BCUT2D eigenvalue weighted by Gasteiger charge is -2.18. The molecule has 2 aromatic rings. The van der Waals surface area contributed by atoms with Crippen LogP contribution >= 0.6 is 0 Å². The molecular formula is C20H24F2O. The molecule has 124 valence electrons. The van der Waals surface area contributed by atoms with Gasteiger partial charge in [-0.15, -0.1) is 0 Å². The quantitative estimate of drug-likeness (QED) is 0.547. The number of aryl methyl sites for hydroxylation is 3. The zero-order valence-electron chi connectivity index (χ0n) is 13.8. The lowest BCUT2D eigenvalue weighted by molar-refractivity contribution is -0.181. The molecule has 0 bridgehead atoms. The highest BCUT2D eigenvalue weighted by Gasteiger charge is 2.30. The largest absolute Gasteiger partial charge is 0.433 e. The van der Waals surface area contributed by atoms with Gasteiger partial charge >= 0.3 is 6.11 Å². The summed E-state index contributed by atoms with van der Waals surface area (Å²) >= 11 is 0. The number of benzene rings is 2. The van der Waals surface area contributed by atoms with Gasteiger partial charge in [0.1, 0.15) is 5.75 Å². The molecule has 0 saturated carbocycles. The van der Waals surface area contributed by atoms with Gasteiger partial charge in [-0.05, 0) is 55.9 Å². The Labute approximate surface area is 137 Å². The molecule has 0 aliphatic rings. The third kappa shape index (κ3) is 6.01. The Morgan fingerprint density at radius 2 is 1.48 bits per heavy atom. The van der Waals surface area contributed by atoms with Gasteiger partial charge in [-0.2, -0.15) is 8.78 Å². The summed E-state index contributed by atoms with van der Waals surface area (Å²) in [6, 6.07) is 15.1. The first kappa shape index (κ1) is 17.5. The Bertz CT molecular complexity index is 588. The predicted octanol–water partition coefficient (Wildman–Crippen LogP) is 5.94. The smallest absolute Gasteiger partial charge is 0.397 e. The van der Waals surface area contributed by atoms with E-state index in [0.717, 1.165) is 24.8 Å². The van der Waals surface area contributed by atoms with Crippen molar-refractivity contribution >= 4 is 0 Å². The number of alkyl halides is 2. The molecule has 0 saturated heterocycles. The normalized spacial score (nSPS) is 11.5. The maximum Gasteiger partial charge on any atom is 0.397 e. The highest BCUT2D eigenvalue weighted by Crippen LogP contribution is 2.27. The summed E-state index contributed by atoms with van der Waals surface area (Å²) in [4.78, 5) is 0. The van der Waals surface area contributed by atoms with Gasteiger partial charge in [0, 0.05) is 0 Å². The molecule has 3 heteroatoms. The van der Waals surface area contributed by atoms with Crippen LogP contribution in [0.3, 0.4) is 0 Å². The highest BCUT2D eigenvalue weighted by atomic mass is 19.3. The average Bonchev–Trinajstić information content (AvgIpc) is 2.54. The molecule has 0 spiro atoms. The second kappa shape index (κ2) is 8.09. The fourth-order valence-electron chi connectivity index (χ4n) is 2.43. The SMILES string of the molecule is CCc1ccc(CCCCC(F)(F)Oc2ccc(C)cc2)cc1. The van der Waals surface area contributed by atoms with Crippen molar-refractivity contribution in [3.05, 3.63) is 65.2 Å². The minimum absolute atomic E-state index is 0.218. The van der Waals surface area contributed by atoms with Crippen LogP contribution in [0, 0.1) is 6.92 Å².